The highest BCUT2D eigenvalue weighted by atomic mass is 19.4. The molecule has 0 spiro atoms. The fraction of sp³-hybridized carbons (Fsp3) is 0.483. The van der Waals surface area contributed by atoms with Gasteiger partial charge in [-0.05, 0) is 55.3 Å². The van der Waals surface area contributed by atoms with Crippen LogP contribution in [0.1, 0.15) is 45.7 Å². The van der Waals surface area contributed by atoms with E-state index < -0.39 is 17.6 Å². The normalized spacial score (nSPS) is 24.0. The third kappa shape index (κ3) is 4.01. The Labute approximate surface area is 230 Å². The van der Waals surface area contributed by atoms with Crippen molar-refractivity contribution in [3.05, 3.63) is 70.8 Å². The third-order valence-electron chi connectivity index (χ3n) is 9.12. The van der Waals surface area contributed by atoms with Crippen LogP contribution >= 0.6 is 0 Å². The summed E-state index contributed by atoms with van der Waals surface area (Å²) >= 11 is 0. The molecule has 4 aliphatic heterocycles. The first-order valence-corrected chi connectivity index (χ1v) is 13.7. The second kappa shape index (κ2) is 9.04. The predicted molar refractivity (Wildman–Crippen MR) is 142 cm³/mol. The molecule has 1 aromatic heterocycles. The molecule has 3 aromatic rings. The number of aryl methyl sites for hydroxylation is 1. The van der Waals surface area contributed by atoms with Crippen LogP contribution in [0.5, 0.6) is 0 Å². The third-order valence-corrected chi connectivity index (χ3v) is 9.12. The van der Waals surface area contributed by atoms with Crippen molar-refractivity contribution >= 4 is 17.3 Å². The second-order valence-corrected chi connectivity index (χ2v) is 11.8. The van der Waals surface area contributed by atoms with Gasteiger partial charge in [0, 0.05) is 61.0 Å². The average Bonchev–Trinajstić information content (AvgIpc) is 3.53. The van der Waals surface area contributed by atoms with Gasteiger partial charge in [-0.2, -0.15) is 13.2 Å². The van der Waals surface area contributed by atoms with Crippen LogP contribution < -0.4 is 9.80 Å². The number of rotatable bonds is 5. The van der Waals surface area contributed by atoms with Crippen molar-refractivity contribution in [2.75, 3.05) is 43.2 Å². The van der Waals surface area contributed by atoms with E-state index in [2.05, 4.69) is 27.0 Å². The summed E-state index contributed by atoms with van der Waals surface area (Å²) in [5.74, 6) is 0.423. The van der Waals surface area contributed by atoms with Crippen molar-refractivity contribution in [2.24, 2.45) is 7.05 Å². The Bertz CT molecular complexity index is 1470. The van der Waals surface area contributed by atoms with E-state index in [1.807, 2.05) is 29.8 Å². The number of aromatic nitrogens is 3. The van der Waals surface area contributed by atoms with Gasteiger partial charge in [-0.1, -0.05) is 12.1 Å². The van der Waals surface area contributed by atoms with Crippen LogP contribution in [0.2, 0.25) is 0 Å². The lowest BCUT2D eigenvalue weighted by Gasteiger charge is -2.42. The van der Waals surface area contributed by atoms with Crippen LogP contribution in [-0.4, -0.2) is 71.0 Å². The van der Waals surface area contributed by atoms with Gasteiger partial charge in [0.25, 0.3) is 5.91 Å². The van der Waals surface area contributed by atoms with Gasteiger partial charge < -0.3 is 24.0 Å². The number of benzene rings is 2. The van der Waals surface area contributed by atoms with Gasteiger partial charge in [0.2, 0.25) is 0 Å². The fourth-order valence-corrected chi connectivity index (χ4v) is 7.03. The summed E-state index contributed by atoms with van der Waals surface area (Å²) in [5, 5.41) is 8.20. The molecule has 11 heteroatoms. The minimum Gasteiger partial charge on any atom is -0.379 e. The number of piperazine rings is 1. The van der Waals surface area contributed by atoms with Gasteiger partial charge >= 0.3 is 6.18 Å². The lowest BCUT2D eigenvalue weighted by Crippen LogP contribution is -2.52. The van der Waals surface area contributed by atoms with Gasteiger partial charge in [0.1, 0.15) is 12.2 Å². The Morgan fingerprint density at radius 2 is 1.80 bits per heavy atom. The number of likely N-dealkylation sites (N-methyl/N-ethyl adjacent to an activating group) is 1. The maximum absolute atomic E-state index is 14.4. The molecule has 5 heterocycles. The summed E-state index contributed by atoms with van der Waals surface area (Å²) in [6.07, 6.45) is -0.414. The van der Waals surface area contributed by atoms with E-state index in [1.54, 1.807) is 18.5 Å². The maximum atomic E-state index is 14.4. The summed E-state index contributed by atoms with van der Waals surface area (Å²) in [6, 6.07) is 10.8. The summed E-state index contributed by atoms with van der Waals surface area (Å²) in [7, 11) is 3.94. The molecule has 40 heavy (non-hydrogen) atoms. The zero-order valence-corrected chi connectivity index (χ0v) is 22.5. The van der Waals surface area contributed by atoms with Gasteiger partial charge in [-0.3, -0.25) is 4.79 Å². The molecule has 210 valence electrons. The molecule has 7 rings (SSSR count). The first kappa shape index (κ1) is 25.5. The molecule has 2 atom stereocenters. The topological polar surface area (TPSA) is 66.7 Å². The molecule has 0 radical (unpaired) electrons. The van der Waals surface area contributed by atoms with Gasteiger partial charge in [0.05, 0.1) is 25.3 Å². The fourth-order valence-electron chi connectivity index (χ4n) is 7.03. The molecule has 1 amide bonds. The SMILES string of the molecule is CN1CC2CCC(C1)N2c1cc2c(c(C(F)(F)F)c1)CN(c1cccc(C3(Cc4nncn4C)COC3)c1)C2=O. The molecule has 2 unspecified atom stereocenters. The van der Waals surface area contributed by atoms with Crippen LogP contribution in [0.3, 0.4) is 0 Å². The van der Waals surface area contributed by atoms with Crippen molar-refractivity contribution < 1.29 is 22.7 Å². The molecular weight excluding hydrogens is 521 g/mol. The number of halogens is 3. The number of amides is 1. The highest BCUT2D eigenvalue weighted by Crippen LogP contribution is 2.44. The summed E-state index contributed by atoms with van der Waals surface area (Å²) < 4.78 is 50.7. The Morgan fingerprint density at radius 1 is 1.05 bits per heavy atom. The number of alkyl halides is 3. The van der Waals surface area contributed by atoms with Crippen LogP contribution in [0, 0.1) is 0 Å². The number of anilines is 2. The smallest absolute Gasteiger partial charge is 0.379 e. The molecule has 3 saturated heterocycles. The zero-order valence-electron chi connectivity index (χ0n) is 22.5. The molecule has 8 nitrogen and oxygen atoms in total. The quantitative estimate of drug-likeness (QED) is 0.480. The monoisotopic (exact) mass is 552 g/mol. The Kier molecular flexibility index (Phi) is 5.77. The van der Waals surface area contributed by atoms with Crippen molar-refractivity contribution in [1.29, 1.82) is 0 Å². The molecule has 3 fully saturated rings. The highest BCUT2D eigenvalue weighted by molar-refractivity contribution is 6.11. The number of nitrogens with zero attached hydrogens (tertiary/aromatic N) is 6. The van der Waals surface area contributed by atoms with Crippen molar-refractivity contribution in [1.82, 2.24) is 19.7 Å². The number of fused-ring (bicyclic) bond motifs is 3. The molecule has 0 N–H and O–H groups in total. The van der Waals surface area contributed by atoms with Crippen molar-refractivity contribution in [3.8, 4) is 0 Å². The van der Waals surface area contributed by atoms with E-state index in [1.165, 1.54) is 11.0 Å². The number of ether oxygens (including phenoxy) is 1. The number of carbonyl (C=O) groups is 1. The van der Waals surface area contributed by atoms with Gasteiger partial charge in [-0.25, -0.2) is 0 Å². The molecule has 2 aromatic carbocycles. The van der Waals surface area contributed by atoms with Crippen LogP contribution in [0.25, 0.3) is 0 Å². The number of hydrogen-bond donors (Lipinski definition) is 0. The molecule has 0 aliphatic carbocycles. The molecular formula is C29H31F3N6O2. The highest BCUT2D eigenvalue weighted by Gasteiger charge is 2.45. The van der Waals surface area contributed by atoms with E-state index in [0.29, 0.717) is 31.0 Å². The number of hydrogen-bond acceptors (Lipinski definition) is 6. The lowest BCUT2D eigenvalue weighted by molar-refractivity contribution is -0.138. The Balaban J connectivity index is 1.24. The van der Waals surface area contributed by atoms with Crippen LogP contribution in [0.15, 0.2) is 42.7 Å². The van der Waals surface area contributed by atoms with E-state index in [9.17, 15) is 18.0 Å². The summed E-state index contributed by atoms with van der Waals surface area (Å²) in [5.41, 5.74) is 1.20. The summed E-state index contributed by atoms with van der Waals surface area (Å²) in [6.45, 7) is 2.48. The standard InChI is InChI=1S/C29H31F3N6O2/c1-35-12-20-6-7-21(13-35)38(20)22-9-23-24(25(10-22)29(30,31)32)14-37(27(23)39)19-5-3-4-18(8-19)28(15-40-16-28)11-26-34-33-17-36(26)2/h3-5,8-10,17,20-21H,6-7,11-16H2,1-2H3. The van der Waals surface area contributed by atoms with Gasteiger partial charge in [-0.15, -0.1) is 10.2 Å². The lowest BCUT2D eigenvalue weighted by atomic mass is 9.75. The maximum Gasteiger partial charge on any atom is 0.416 e. The van der Waals surface area contributed by atoms with E-state index in [4.69, 9.17) is 4.74 Å². The first-order chi connectivity index (χ1) is 19.1. The van der Waals surface area contributed by atoms with E-state index >= 15 is 0 Å². The number of likely N-dealkylation sites (tertiary alicyclic amines) is 1. The van der Waals surface area contributed by atoms with Crippen LogP contribution in [0.4, 0.5) is 24.5 Å². The van der Waals surface area contributed by atoms with Crippen LogP contribution in [-0.2, 0) is 36.3 Å². The van der Waals surface area contributed by atoms with Crippen molar-refractivity contribution in [3.63, 3.8) is 0 Å². The van der Waals surface area contributed by atoms with Gasteiger partial charge in [0.15, 0.2) is 0 Å². The predicted octanol–water partition coefficient (Wildman–Crippen LogP) is 3.79. The Morgan fingerprint density at radius 3 is 2.42 bits per heavy atom. The molecule has 2 bridgehead atoms. The largest absolute Gasteiger partial charge is 0.416 e. The minimum atomic E-state index is -4.56. The zero-order chi connectivity index (χ0) is 27.8. The van der Waals surface area contributed by atoms with Crippen molar-refractivity contribution in [2.45, 2.75) is 49.5 Å². The Hall–Kier alpha value is -3.44. The van der Waals surface area contributed by atoms with E-state index in [0.717, 1.165) is 37.3 Å². The average molecular weight is 553 g/mol. The van der Waals surface area contributed by atoms with E-state index in [-0.39, 0.29) is 35.2 Å². The first-order valence-electron chi connectivity index (χ1n) is 13.7. The molecule has 4 aliphatic rings. The minimum absolute atomic E-state index is 0.0499. The number of carbonyl (C=O) groups excluding carboxylic acids is 1. The summed E-state index contributed by atoms with van der Waals surface area (Å²) in [4.78, 5) is 19.6. The molecule has 0 saturated carbocycles. The second-order valence-electron chi connectivity index (χ2n) is 11.8.